The Morgan fingerprint density at radius 1 is 1.00 bits per heavy atom. The Morgan fingerprint density at radius 3 is 2.50 bits per heavy atom. The SMILES string of the molecule is O=C(NCC1CC1)C1COC(c2nc(-c3ccc(F)cc3)c(-c3ccnc(Nc4ccncc4)n3)[nH]2)OC1. The minimum atomic E-state index is -0.785. The monoisotopic (exact) mass is 515 g/mol. The number of ether oxygens (including phenoxy) is 2. The molecule has 3 N–H and O–H groups in total. The first-order chi connectivity index (χ1) is 18.6. The number of carbonyl (C=O) groups is 1. The summed E-state index contributed by atoms with van der Waals surface area (Å²) in [5.74, 6) is 0.642. The summed E-state index contributed by atoms with van der Waals surface area (Å²) in [6, 6.07) is 11.4. The molecule has 6 rings (SSSR count). The van der Waals surface area contributed by atoms with Gasteiger partial charge in [0.05, 0.1) is 36.2 Å². The molecule has 4 aromatic rings. The Hall–Kier alpha value is -4.22. The molecular weight excluding hydrogens is 489 g/mol. The summed E-state index contributed by atoms with van der Waals surface area (Å²) in [5.41, 5.74) is 3.22. The van der Waals surface area contributed by atoms with Crippen LogP contribution in [-0.2, 0) is 14.3 Å². The van der Waals surface area contributed by atoms with Gasteiger partial charge in [0.2, 0.25) is 18.1 Å². The first kappa shape index (κ1) is 24.1. The van der Waals surface area contributed by atoms with Crippen molar-refractivity contribution in [1.82, 2.24) is 30.2 Å². The highest BCUT2D eigenvalue weighted by atomic mass is 19.1. The summed E-state index contributed by atoms with van der Waals surface area (Å²) in [6.45, 7) is 1.14. The molecule has 2 aliphatic rings. The predicted octanol–water partition coefficient (Wildman–Crippen LogP) is 4.00. The quantitative estimate of drug-likeness (QED) is 0.321. The van der Waals surface area contributed by atoms with E-state index in [-0.39, 0.29) is 30.9 Å². The molecule has 0 bridgehead atoms. The molecule has 1 saturated heterocycles. The van der Waals surface area contributed by atoms with Crippen LogP contribution in [0.2, 0.25) is 0 Å². The number of imidazole rings is 1. The molecule has 10 nitrogen and oxygen atoms in total. The molecule has 4 heterocycles. The summed E-state index contributed by atoms with van der Waals surface area (Å²) in [6.07, 6.45) is 6.54. The van der Waals surface area contributed by atoms with Gasteiger partial charge in [-0.1, -0.05) is 0 Å². The van der Waals surface area contributed by atoms with Gasteiger partial charge in [-0.3, -0.25) is 9.78 Å². The van der Waals surface area contributed by atoms with E-state index < -0.39 is 6.29 Å². The lowest BCUT2D eigenvalue weighted by Gasteiger charge is -2.27. The van der Waals surface area contributed by atoms with Crippen molar-refractivity contribution >= 4 is 17.5 Å². The summed E-state index contributed by atoms with van der Waals surface area (Å²) in [5, 5.41) is 6.13. The van der Waals surface area contributed by atoms with Crippen LogP contribution in [0.15, 0.2) is 61.1 Å². The minimum absolute atomic E-state index is 0.0577. The van der Waals surface area contributed by atoms with Crippen molar-refractivity contribution in [2.24, 2.45) is 11.8 Å². The standard InChI is InChI=1S/C27H26FN7O3/c28-19-5-3-17(4-6-19)22-23(21-9-12-30-27(33-21)32-20-7-10-29-11-8-20)35-24(34-22)26-37-14-18(15-38-26)25(36)31-13-16-1-2-16/h3-12,16,18,26H,1-2,13-15H2,(H,31,36)(H,34,35)(H,29,30,32,33). The van der Waals surface area contributed by atoms with Gasteiger partial charge < -0.3 is 25.1 Å². The second-order valence-corrected chi connectivity index (χ2v) is 9.36. The van der Waals surface area contributed by atoms with Gasteiger partial charge in [0.1, 0.15) is 5.82 Å². The lowest BCUT2D eigenvalue weighted by atomic mass is 10.1. The van der Waals surface area contributed by atoms with Gasteiger partial charge in [0.15, 0.2) is 5.82 Å². The number of anilines is 2. The molecule has 1 amide bonds. The summed E-state index contributed by atoms with van der Waals surface area (Å²) >= 11 is 0. The number of aromatic amines is 1. The average molecular weight is 516 g/mol. The molecule has 0 spiro atoms. The zero-order chi connectivity index (χ0) is 25.9. The van der Waals surface area contributed by atoms with Gasteiger partial charge in [-0.15, -0.1) is 0 Å². The summed E-state index contributed by atoms with van der Waals surface area (Å²) in [4.78, 5) is 33.4. The van der Waals surface area contributed by atoms with E-state index in [9.17, 15) is 9.18 Å². The number of H-pyrrole nitrogens is 1. The number of nitrogens with one attached hydrogen (secondary N) is 3. The van der Waals surface area contributed by atoms with Gasteiger partial charge in [-0.05, 0) is 61.2 Å². The number of nitrogens with zero attached hydrogens (tertiary/aromatic N) is 4. The van der Waals surface area contributed by atoms with E-state index in [1.165, 1.54) is 25.0 Å². The fourth-order valence-corrected chi connectivity index (χ4v) is 4.15. The van der Waals surface area contributed by atoms with Crippen molar-refractivity contribution < 1.29 is 18.7 Å². The first-order valence-electron chi connectivity index (χ1n) is 12.5. The number of benzene rings is 1. The summed E-state index contributed by atoms with van der Waals surface area (Å²) in [7, 11) is 0. The Bertz CT molecular complexity index is 1400. The van der Waals surface area contributed by atoms with Crippen LogP contribution < -0.4 is 10.6 Å². The number of hydrogen-bond acceptors (Lipinski definition) is 8. The highest BCUT2D eigenvalue weighted by Gasteiger charge is 2.32. The third kappa shape index (κ3) is 5.53. The number of halogens is 1. The fourth-order valence-electron chi connectivity index (χ4n) is 4.15. The third-order valence-electron chi connectivity index (χ3n) is 6.44. The average Bonchev–Trinajstić information content (AvgIpc) is 3.69. The van der Waals surface area contributed by atoms with Crippen LogP contribution in [0, 0.1) is 17.7 Å². The molecule has 38 heavy (non-hydrogen) atoms. The van der Waals surface area contributed by atoms with Crippen molar-refractivity contribution in [2.45, 2.75) is 19.1 Å². The lowest BCUT2D eigenvalue weighted by molar-refractivity contribution is -0.208. The van der Waals surface area contributed by atoms with E-state index >= 15 is 0 Å². The van der Waals surface area contributed by atoms with Crippen LogP contribution in [0.25, 0.3) is 22.6 Å². The van der Waals surface area contributed by atoms with Crippen molar-refractivity contribution in [2.75, 3.05) is 25.1 Å². The molecule has 0 radical (unpaired) electrons. The molecule has 11 heteroatoms. The van der Waals surface area contributed by atoms with E-state index in [4.69, 9.17) is 14.5 Å². The summed E-state index contributed by atoms with van der Waals surface area (Å²) < 4.78 is 25.4. The maximum absolute atomic E-state index is 13.7. The first-order valence-corrected chi connectivity index (χ1v) is 12.5. The minimum Gasteiger partial charge on any atom is -0.355 e. The zero-order valence-corrected chi connectivity index (χ0v) is 20.4. The van der Waals surface area contributed by atoms with E-state index in [0.29, 0.717) is 46.9 Å². The molecule has 1 saturated carbocycles. The normalized spacial score (nSPS) is 19.2. The van der Waals surface area contributed by atoms with E-state index in [0.717, 1.165) is 5.69 Å². The molecule has 1 aliphatic carbocycles. The Balaban J connectivity index is 1.25. The van der Waals surface area contributed by atoms with Gasteiger partial charge >= 0.3 is 0 Å². The number of pyridine rings is 1. The van der Waals surface area contributed by atoms with Crippen molar-refractivity contribution in [1.29, 1.82) is 0 Å². The van der Waals surface area contributed by atoms with Crippen LogP contribution in [0.3, 0.4) is 0 Å². The highest BCUT2D eigenvalue weighted by Crippen LogP contribution is 2.34. The molecule has 1 aromatic carbocycles. The van der Waals surface area contributed by atoms with Gasteiger partial charge in [-0.2, -0.15) is 0 Å². The molecule has 0 unspecified atom stereocenters. The van der Waals surface area contributed by atoms with E-state index in [1.807, 2.05) is 12.1 Å². The maximum atomic E-state index is 13.7. The van der Waals surface area contributed by atoms with Crippen LogP contribution in [0.4, 0.5) is 16.0 Å². The smallest absolute Gasteiger partial charge is 0.227 e. The molecule has 2 fully saturated rings. The predicted molar refractivity (Wildman–Crippen MR) is 136 cm³/mol. The van der Waals surface area contributed by atoms with Crippen molar-refractivity contribution in [3.8, 4) is 22.6 Å². The number of aromatic nitrogens is 5. The van der Waals surface area contributed by atoms with E-state index in [1.54, 1.807) is 36.8 Å². The molecule has 1 aliphatic heterocycles. The third-order valence-corrected chi connectivity index (χ3v) is 6.44. The van der Waals surface area contributed by atoms with Gasteiger partial charge in [-0.25, -0.2) is 19.3 Å². The number of carbonyl (C=O) groups excluding carboxylic acids is 1. The van der Waals surface area contributed by atoms with Crippen LogP contribution in [-0.4, -0.2) is 50.6 Å². The van der Waals surface area contributed by atoms with E-state index in [2.05, 4.69) is 30.6 Å². The lowest BCUT2D eigenvalue weighted by Crippen LogP contribution is -2.40. The Morgan fingerprint density at radius 2 is 1.76 bits per heavy atom. The van der Waals surface area contributed by atoms with Crippen LogP contribution in [0.1, 0.15) is 25.0 Å². The largest absolute Gasteiger partial charge is 0.355 e. The fraction of sp³-hybridized carbons (Fsp3) is 0.296. The van der Waals surface area contributed by atoms with Crippen LogP contribution >= 0.6 is 0 Å². The zero-order valence-electron chi connectivity index (χ0n) is 20.4. The molecule has 0 atom stereocenters. The second-order valence-electron chi connectivity index (χ2n) is 9.36. The van der Waals surface area contributed by atoms with Crippen molar-refractivity contribution in [3.05, 3.63) is 72.7 Å². The molecular formula is C27H26FN7O3. The van der Waals surface area contributed by atoms with Crippen LogP contribution in [0.5, 0.6) is 0 Å². The number of amides is 1. The Labute approximate surface area is 218 Å². The number of hydrogen-bond donors (Lipinski definition) is 3. The highest BCUT2D eigenvalue weighted by molar-refractivity contribution is 5.79. The Kier molecular flexibility index (Phi) is 6.76. The maximum Gasteiger partial charge on any atom is 0.227 e. The van der Waals surface area contributed by atoms with Gasteiger partial charge in [0.25, 0.3) is 0 Å². The second kappa shape index (κ2) is 10.6. The number of rotatable bonds is 8. The molecule has 3 aromatic heterocycles. The van der Waals surface area contributed by atoms with Gasteiger partial charge in [0, 0.05) is 36.4 Å². The van der Waals surface area contributed by atoms with Crippen molar-refractivity contribution in [3.63, 3.8) is 0 Å². The molecule has 194 valence electrons. The topological polar surface area (TPSA) is 127 Å².